The van der Waals surface area contributed by atoms with E-state index in [9.17, 15) is 17.6 Å². The van der Waals surface area contributed by atoms with Gasteiger partial charge in [0.2, 0.25) is 12.4 Å². The third-order valence-electron chi connectivity index (χ3n) is 5.01. The van der Waals surface area contributed by atoms with E-state index in [-0.39, 0.29) is 23.8 Å². The summed E-state index contributed by atoms with van der Waals surface area (Å²) in [5, 5.41) is 0. The lowest BCUT2D eigenvalue weighted by atomic mass is 10.00. The SMILES string of the molecule is COc1cc(S(=O)(=O)Nc2cccc(F)n2)c(F)cc1N(C=O)[C@H](C)c1ccccc1CN. The minimum absolute atomic E-state index is 0.0205. The molecule has 0 unspecified atom stereocenters. The first kappa shape index (κ1) is 24.1. The Balaban J connectivity index is 2.04. The molecule has 33 heavy (non-hydrogen) atoms. The van der Waals surface area contributed by atoms with Crippen LogP contribution in [0.1, 0.15) is 24.1 Å². The van der Waals surface area contributed by atoms with Gasteiger partial charge in [-0.2, -0.15) is 4.39 Å². The van der Waals surface area contributed by atoms with Crippen molar-refractivity contribution in [3.63, 3.8) is 0 Å². The Morgan fingerprint density at radius 2 is 1.91 bits per heavy atom. The molecule has 3 N–H and O–H groups in total. The van der Waals surface area contributed by atoms with Crippen LogP contribution < -0.4 is 20.1 Å². The molecule has 0 radical (unpaired) electrons. The van der Waals surface area contributed by atoms with Gasteiger partial charge in [0.15, 0.2) is 0 Å². The fourth-order valence-electron chi connectivity index (χ4n) is 3.39. The Labute approximate surface area is 190 Å². The summed E-state index contributed by atoms with van der Waals surface area (Å²) in [4.78, 5) is 15.9. The van der Waals surface area contributed by atoms with Crippen LogP contribution in [0.5, 0.6) is 5.75 Å². The van der Waals surface area contributed by atoms with Gasteiger partial charge in [-0.3, -0.25) is 9.52 Å². The van der Waals surface area contributed by atoms with E-state index in [1.54, 1.807) is 19.1 Å². The molecule has 1 amide bonds. The first-order chi connectivity index (χ1) is 15.7. The molecule has 0 saturated heterocycles. The molecule has 1 atom stereocenters. The van der Waals surface area contributed by atoms with Crippen LogP contribution in [0.25, 0.3) is 0 Å². The molecule has 8 nitrogen and oxygen atoms in total. The van der Waals surface area contributed by atoms with Crippen molar-refractivity contribution in [2.24, 2.45) is 5.73 Å². The van der Waals surface area contributed by atoms with Crippen molar-refractivity contribution >= 4 is 27.9 Å². The molecule has 3 aromatic rings. The number of carbonyl (C=O) groups is 1. The molecular formula is C22H22F2N4O4S. The van der Waals surface area contributed by atoms with Crippen LogP contribution in [0.4, 0.5) is 20.3 Å². The number of rotatable bonds is 9. The Kier molecular flexibility index (Phi) is 7.24. The Bertz CT molecular complexity index is 1270. The molecule has 1 heterocycles. The number of amides is 1. The number of hydrogen-bond acceptors (Lipinski definition) is 6. The van der Waals surface area contributed by atoms with Crippen molar-refractivity contribution in [3.8, 4) is 5.75 Å². The zero-order valence-corrected chi connectivity index (χ0v) is 18.6. The number of sulfonamides is 1. The largest absolute Gasteiger partial charge is 0.495 e. The van der Waals surface area contributed by atoms with Crippen molar-refractivity contribution < 1.29 is 26.7 Å². The van der Waals surface area contributed by atoms with E-state index in [0.717, 1.165) is 29.3 Å². The van der Waals surface area contributed by atoms with Crippen LogP contribution in [0.15, 0.2) is 59.5 Å². The Morgan fingerprint density at radius 1 is 1.18 bits per heavy atom. The number of anilines is 2. The van der Waals surface area contributed by atoms with Gasteiger partial charge in [0, 0.05) is 18.7 Å². The number of nitrogens with two attached hydrogens (primary N) is 1. The van der Waals surface area contributed by atoms with Gasteiger partial charge in [0.1, 0.15) is 22.3 Å². The maximum atomic E-state index is 15.0. The summed E-state index contributed by atoms with van der Waals surface area (Å²) in [6.45, 7) is 1.96. The number of halogens is 2. The standard InChI is InChI=1S/C22H22F2N4O4S/c1-14(16-7-4-3-6-15(16)12-25)28(13-29)18-10-17(23)20(11-19(18)32-2)33(30,31)27-22-9-5-8-21(24)26-22/h3-11,13-14H,12,25H2,1-2H3,(H,26,27)/t14-/m1/s1. The van der Waals surface area contributed by atoms with Crippen LogP contribution in [-0.4, -0.2) is 26.9 Å². The summed E-state index contributed by atoms with van der Waals surface area (Å²) in [5.74, 6) is -2.43. The van der Waals surface area contributed by atoms with Gasteiger partial charge in [-0.25, -0.2) is 17.8 Å². The quantitative estimate of drug-likeness (QED) is 0.362. The molecule has 0 spiro atoms. The molecule has 11 heteroatoms. The molecular weight excluding hydrogens is 454 g/mol. The number of nitrogens with zero attached hydrogens (tertiary/aromatic N) is 2. The number of carbonyl (C=O) groups excluding carboxylic acids is 1. The van der Waals surface area contributed by atoms with Crippen LogP contribution >= 0.6 is 0 Å². The molecule has 0 aliphatic carbocycles. The summed E-state index contributed by atoms with van der Waals surface area (Å²) in [7, 11) is -3.22. The van der Waals surface area contributed by atoms with E-state index in [1.165, 1.54) is 24.1 Å². The van der Waals surface area contributed by atoms with E-state index < -0.39 is 32.7 Å². The summed E-state index contributed by atoms with van der Waals surface area (Å²) >= 11 is 0. The molecule has 3 rings (SSSR count). The Hall–Kier alpha value is -3.57. The monoisotopic (exact) mass is 476 g/mol. The summed E-state index contributed by atoms with van der Waals surface area (Å²) in [6.07, 6.45) is 0.498. The molecule has 0 fully saturated rings. The van der Waals surface area contributed by atoms with Gasteiger partial charge >= 0.3 is 0 Å². The Morgan fingerprint density at radius 3 is 2.55 bits per heavy atom. The third kappa shape index (κ3) is 5.10. The molecule has 0 bridgehead atoms. The zero-order chi connectivity index (χ0) is 24.2. The van der Waals surface area contributed by atoms with Crippen molar-refractivity contribution in [2.75, 3.05) is 16.7 Å². The number of nitrogens with one attached hydrogen (secondary N) is 1. The first-order valence-electron chi connectivity index (χ1n) is 9.76. The van der Waals surface area contributed by atoms with E-state index in [2.05, 4.69) is 4.98 Å². The number of pyridine rings is 1. The fourth-order valence-corrected chi connectivity index (χ4v) is 4.46. The number of hydrogen-bond donors (Lipinski definition) is 2. The number of aromatic nitrogens is 1. The van der Waals surface area contributed by atoms with E-state index in [4.69, 9.17) is 10.5 Å². The van der Waals surface area contributed by atoms with E-state index in [1.807, 2.05) is 16.9 Å². The second-order valence-corrected chi connectivity index (χ2v) is 8.65. The van der Waals surface area contributed by atoms with Gasteiger partial charge in [-0.1, -0.05) is 30.3 Å². The minimum atomic E-state index is -4.48. The predicted molar refractivity (Wildman–Crippen MR) is 119 cm³/mol. The lowest BCUT2D eigenvalue weighted by Gasteiger charge is -2.28. The lowest BCUT2D eigenvalue weighted by Crippen LogP contribution is -2.27. The summed E-state index contributed by atoms with van der Waals surface area (Å²) in [5.41, 5.74) is 7.35. The van der Waals surface area contributed by atoms with E-state index in [0.29, 0.717) is 6.41 Å². The number of ether oxygens (including phenoxy) is 1. The van der Waals surface area contributed by atoms with Gasteiger partial charge in [-0.05, 0) is 30.2 Å². The highest BCUT2D eigenvalue weighted by molar-refractivity contribution is 7.92. The van der Waals surface area contributed by atoms with Gasteiger partial charge < -0.3 is 15.4 Å². The fraction of sp³-hybridized carbons (Fsp3) is 0.182. The van der Waals surface area contributed by atoms with Crippen LogP contribution in [0.3, 0.4) is 0 Å². The highest BCUT2D eigenvalue weighted by Crippen LogP contribution is 2.37. The third-order valence-corrected chi connectivity index (χ3v) is 6.38. The second-order valence-electron chi connectivity index (χ2n) is 7.00. The smallest absolute Gasteiger partial charge is 0.266 e. The second kappa shape index (κ2) is 9.92. The minimum Gasteiger partial charge on any atom is -0.495 e. The zero-order valence-electron chi connectivity index (χ0n) is 17.8. The van der Waals surface area contributed by atoms with Gasteiger partial charge in [0.25, 0.3) is 10.0 Å². The van der Waals surface area contributed by atoms with Crippen molar-refractivity contribution in [1.82, 2.24) is 4.98 Å². The van der Waals surface area contributed by atoms with Crippen molar-refractivity contribution in [3.05, 3.63) is 77.5 Å². The maximum Gasteiger partial charge on any atom is 0.266 e. The molecule has 174 valence electrons. The average Bonchev–Trinajstić information content (AvgIpc) is 2.79. The highest BCUT2D eigenvalue weighted by atomic mass is 32.2. The van der Waals surface area contributed by atoms with E-state index >= 15 is 4.39 Å². The number of benzene rings is 2. The summed E-state index contributed by atoms with van der Waals surface area (Å²) in [6, 6.07) is 12.0. The van der Waals surface area contributed by atoms with Gasteiger partial charge in [-0.15, -0.1) is 0 Å². The highest BCUT2D eigenvalue weighted by Gasteiger charge is 2.27. The molecule has 0 aliphatic heterocycles. The van der Waals surface area contributed by atoms with Crippen molar-refractivity contribution in [2.45, 2.75) is 24.4 Å². The number of methoxy groups -OCH3 is 1. The lowest BCUT2D eigenvalue weighted by molar-refractivity contribution is -0.107. The maximum absolute atomic E-state index is 15.0. The molecule has 1 aromatic heterocycles. The van der Waals surface area contributed by atoms with Crippen LogP contribution in [0.2, 0.25) is 0 Å². The van der Waals surface area contributed by atoms with Crippen molar-refractivity contribution in [1.29, 1.82) is 0 Å². The van der Waals surface area contributed by atoms with Crippen LogP contribution in [0, 0.1) is 11.8 Å². The van der Waals surface area contributed by atoms with Gasteiger partial charge in [0.05, 0.1) is 18.8 Å². The molecule has 0 aliphatic rings. The molecule has 0 saturated carbocycles. The normalized spacial score (nSPS) is 12.2. The topological polar surface area (TPSA) is 115 Å². The average molecular weight is 477 g/mol. The molecule has 2 aromatic carbocycles. The first-order valence-corrected chi connectivity index (χ1v) is 11.2. The predicted octanol–water partition coefficient (Wildman–Crippen LogP) is 3.35. The summed E-state index contributed by atoms with van der Waals surface area (Å²) < 4.78 is 61.1. The van der Waals surface area contributed by atoms with Crippen LogP contribution in [-0.2, 0) is 21.4 Å².